The third kappa shape index (κ3) is 2.02. The fourth-order valence-electron chi connectivity index (χ4n) is 1.71. The van der Waals surface area contributed by atoms with Crippen molar-refractivity contribution < 1.29 is 4.42 Å². The lowest BCUT2D eigenvalue weighted by Crippen LogP contribution is -2.02. The van der Waals surface area contributed by atoms with E-state index in [4.69, 9.17) is 16.0 Å². The van der Waals surface area contributed by atoms with E-state index in [2.05, 4.69) is 25.3 Å². The van der Waals surface area contributed by atoms with Crippen LogP contribution in [0.25, 0.3) is 11.0 Å². The average Bonchev–Trinajstić information content (AvgIpc) is 2.94. The van der Waals surface area contributed by atoms with Gasteiger partial charge in [0.15, 0.2) is 5.89 Å². The second-order valence-electron chi connectivity index (χ2n) is 3.78. The zero-order valence-corrected chi connectivity index (χ0v) is 10.3. The van der Waals surface area contributed by atoms with Crippen molar-refractivity contribution in [1.82, 2.24) is 19.9 Å². The summed E-state index contributed by atoms with van der Waals surface area (Å²) in [6.45, 7) is 2.30. The van der Waals surface area contributed by atoms with E-state index < -0.39 is 0 Å². The SMILES string of the molecule is Cc1ncc(CNc2nc(Cl)nc3[nH]ccc23)o1. The Kier molecular flexibility index (Phi) is 2.64. The zero-order valence-electron chi connectivity index (χ0n) is 9.57. The maximum Gasteiger partial charge on any atom is 0.226 e. The number of oxazole rings is 1. The number of fused-ring (bicyclic) bond motifs is 1. The molecule has 6 nitrogen and oxygen atoms in total. The van der Waals surface area contributed by atoms with Gasteiger partial charge in [0.05, 0.1) is 18.1 Å². The van der Waals surface area contributed by atoms with E-state index in [1.807, 2.05) is 6.07 Å². The quantitative estimate of drug-likeness (QED) is 0.710. The van der Waals surface area contributed by atoms with Crippen molar-refractivity contribution >= 4 is 28.5 Å². The molecule has 0 aliphatic rings. The van der Waals surface area contributed by atoms with Crippen molar-refractivity contribution in [2.75, 3.05) is 5.32 Å². The van der Waals surface area contributed by atoms with Crippen LogP contribution in [-0.4, -0.2) is 19.9 Å². The van der Waals surface area contributed by atoms with Crippen molar-refractivity contribution in [2.24, 2.45) is 0 Å². The first-order valence-corrected chi connectivity index (χ1v) is 5.76. The molecule has 0 unspecified atom stereocenters. The number of halogens is 1. The van der Waals surface area contributed by atoms with Crippen LogP contribution < -0.4 is 5.32 Å². The van der Waals surface area contributed by atoms with E-state index in [0.717, 1.165) is 11.1 Å². The molecule has 0 fully saturated rings. The minimum Gasteiger partial charge on any atom is -0.444 e. The predicted octanol–water partition coefficient (Wildman–Crippen LogP) is 2.52. The van der Waals surface area contributed by atoms with E-state index in [-0.39, 0.29) is 5.28 Å². The first-order valence-electron chi connectivity index (χ1n) is 5.38. The van der Waals surface area contributed by atoms with Gasteiger partial charge in [0.1, 0.15) is 17.2 Å². The summed E-state index contributed by atoms with van der Waals surface area (Å²) in [7, 11) is 0. The van der Waals surface area contributed by atoms with E-state index >= 15 is 0 Å². The summed E-state index contributed by atoms with van der Waals surface area (Å²) in [5, 5.41) is 4.24. The van der Waals surface area contributed by atoms with Crippen LogP contribution in [0.5, 0.6) is 0 Å². The summed E-state index contributed by atoms with van der Waals surface area (Å²) in [5.74, 6) is 2.05. The van der Waals surface area contributed by atoms with Crippen molar-refractivity contribution in [3.8, 4) is 0 Å². The van der Waals surface area contributed by atoms with Crippen LogP contribution in [0, 0.1) is 6.92 Å². The first kappa shape index (κ1) is 11.0. The van der Waals surface area contributed by atoms with Gasteiger partial charge in [-0.25, -0.2) is 9.97 Å². The molecule has 3 aromatic heterocycles. The van der Waals surface area contributed by atoms with Gasteiger partial charge >= 0.3 is 0 Å². The molecular weight excluding hydrogens is 254 g/mol. The lowest BCUT2D eigenvalue weighted by molar-refractivity contribution is 0.481. The number of aromatic nitrogens is 4. The minimum atomic E-state index is 0.196. The molecule has 0 aromatic carbocycles. The highest BCUT2D eigenvalue weighted by atomic mass is 35.5. The summed E-state index contributed by atoms with van der Waals surface area (Å²) < 4.78 is 5.37. The zero-order chi connectivity index (χ0) is 12.5. The standard InChI is InChI=1S/C11H10ClN5O/c1-6-14-4-7(18-6)5-15-10-8-2-3-13-9(8)16-11(12)17-10/h2-4H,5H2,1H3,(H2,13,15,16,17). The van der Waals surface area contributed by atoms with Crippen LogP contribution in [0.15, 0.2) is 22.9 Å². The molecule has 0 bridgehead atoms. The first-order chi connectivity index (χ1) is 8.72. The van der Waals surface area contributed by atoms with Gasteiger partial charge in [-0.05, 0) is 17.7 Å². The summed E-state index contributed by atoms with van der Waals surface area (Å²) in [6, 6.07) is 1.89. The number of rotatable bonds is 3. The fourth-order valence-corrected chi connectivity index (χ4v) is 1.88. The van der Waals surface area contributed by atoms with Crippen molar-refractivity contribution in [3.63, 3.8) is 0 Å². The lowest BCUT2D eigenvalue weighted by atomic mass is 10.3. The van der Waals surface area contributed by atoms with Crippen LogP contribution in [0.2, 0.25) is 5.28 Å². The molecule has 0 saturated heterocycles. The molecule has 0 aliphatic carbocycles. The number of aryl methyl sites for hydroxylation is 1. The smallest absolute Gasteiger partial charge is 0.226 e. The van der Waals surface area contributed by atoms with Crippen LogP contribution in [0.4, 0.5) is 5.82 Å². The van der Waals surface area contributed by atoms with Gasteiger partial charge in [-0.2, -0.15) is 4.98 Å². The van der Waals surface area contributed by atoms with Crippen molar-refractivity contribution in [3.05, 3.63) is 35.4 Å². The molecule has 0 spiro atoms. The van der Waals surface area contributed by atoms with Gasteiger partial charge in [-0.3, -0.25) is 0 Å². The van der Waals surface area contributed by atoms with Gasteiger partial charge in [-0.1, -0.05) is 0 Å². The normalized spacial score (nSPS) is 11.0. The monoisotopic (exact) mass is 263 g/mol. The van der Waals surface area contributed by atoms with Crippen LogP contribution in [0.3, 0.4) is 0 Å². The van der Waals surface area contributed by atoms with Gasteiger partial charge in [0, 0.05) is 13.1 Å². The molecule has 3 heterocycles. The Hall–Kier alpha value is -2.08. The number of nitrogens with zero attached hydrogens (tertiary/aromatic N) is 3. The lowest BCUT2D eigenvalue weighted by Gasteiger charge is -2.04. The number of nitrogens with one attached hydrogen (secondary N) is 2. The van der Waals surface area contributed by atoms with Crippen LogP contribution in [0.1, 0.15) is 11.7 Å². The number of aromatic amines is 1. The molecule has 7 heteroatoms. The molecule has 0 saturated carbocycles. The fraction of sp³-hybridized carbons (Fsp3) is 0.182. The van der Waals surface area contributed by atoms with Crippen LogP contribution >= 0.6 is 11.6 Å². The second-order valence-corrected chi connectivity index (χ2v) is 4.12. The van der Waals surface area contributed by atoms with E-state index in [9.17, 15) is 0 Å². The summed E-state index contributed by atoms with van der Waals surface area (Å²) in [4.78, 5) is 15.3. The Morgan fingerprint density at radius 3 is 3.11 bits per heavy atom. The topological polar surface area (TPSA) is 79.6 Å². The molecule has 92 valence electrons. The third-order valence-electron chi connectivity index (χ3n) is 2.49. The number of hydrogen-bond acceptors (Lipinski definition) is 5. The number of anilines is 1. The third-order valence-corrected chi connectivity index (χ3v) is 2.66. The predicted molar refractivity (Wildman–Crippen MR) is 67.5 cm³/mol. The molecular formula is C11H10ClN5O. The minimum absolute atomic E-state index is 0.196. The highest BCUT2D eigenvalue weighted by Gasteiger charge is 2.08. The second kappa shape index (κ2) is 4.30. The van der Waals surface area contributed by atoms with Crippen molar-refractivity contribution in [2.45, 2.75) is 13.5 Å². The maximum absolute atomic E-state index is 5.85. The highest BCUT2D eigenvalue weighted by Crippen LogP contribution is 2.21. The Morgan fingerprint density at radius 2 is 2.33 bits per heavy atom. The molecule has 0 aliphatic heterocycles. The molecule has 0 amide bonds. The Balaban J connectivity index is 1.87. The Bertz CT molecular complexity index is 690. The highest BCUT2D eigenvalue weighted by molar-refractivity contribution is 6.28. The van der Waals surface area contributed by atoms with E-state index in [1.165, 1.54) is 0 Å². The summed E-state index contributed by atoms with van der Waals surface area (Å²) >= 11 is 5.85. The van der Waals surface area contributed by atoms with Gasteiger partial charge in [0.25, 0.3) is 0 Å². The number of H-pyrrole nitrogens is 1. The Labute approximate surface area is 107 Å². The number of hydrogen-bond donors (Lipinski definition) is 2. The van der Waals surface area contributed by atoms with Gasteiger partial charge in [0.2, 0.25) is 5.28 Å². The molecule has 3 aromatic rings. The van der Waals surface area contributed by atoms with Gasteiger partial charge < -0.3 is 14.7 Å². The molecule has 0 atom stereocenters. The summed E-state index contributed by atoms with van der Waals surface area (Å²) in [6.07, 6.45) is 3.47. The Morgan fingerprint density at radius 1 is 1.44 bits per heavy atom. The molecule has 18 heavy (non-hydrogen) atoms. The molecule has 3 rings (SSSR count). The maximum atomic E-state index is 5.85. The summed E-state index contributed by atoms with van der Waals surface area (Å²) in [5.41, 5.74) is 0.700. The average molecular weight is 264 g/mol. The molecule has 2 N–H and O–H groups in total. The van der Waals surface area contributed by atoms with E-state index in [0.29, 0.717) is 23.9 Å². The van der Waals surface area contributed by atoms with Crippen molar-refractivity contribution in [1.29, 1.82) is 0 Å². The van der Waals surface area contributed by atoms with Crippen LogP contribution in [-0.2, 0) is 6.54 Å². The van der Waals surface area contributed by atoms with Gasteiger partial charge in [-0.15, -0.1) is 0 Å². The largest absolute Gasteiger partial charge is 0.444 e. The molecule has 0 radical (unpaired) electrons. The van der Waals surface area contributed by atoms with E-state index in [1.54, 1.807) is 19.3 Å².